The predicted octanol–water partition coefficient (Wildman–Crippen LogP) is 8.90. The number of ether oxygens (including phenoxy) is 1. The molecule has 8 heteroatoms. The second-order valence-electron chi connectivity index (χ2n) is 12.7. The first-order valence-electron chi connectivity index (χ1n) is 17.5. The van der Waals surface area contributed by atoms with Gasteiger partial charge in [-0.05, 0) is 58.0 Å². The molecule has 0 unspecified atom stereocenters. The van der Waals surface area contributed by atoms with Crippen molar-refractivity contribution in [1.29, 1.82) is 0 Å². The Morgan fingerprint density at radius 2 is 1.31 bits per heavy atom. The molecule has 2 aromatic heterocycles. The van der Waals surface area contributed by atoms with Gasteiger partial charge in [0, 0.05) is 17.8 Å². The fourth-order valence-corrected chi connectivity index (χ4v) is 6.90. The number of tetrazole rings is 1. The lowest BCUT2D eigenvalue weighted by atomic mass is 9.77. The zero-order chi connectivity index (χ0) is 35.9. The van der Waals surface area contributed by atoms with E-state index in [2.05, 4.69) is 84.0 Å². The summed E-state index contributed by atoms with van der Waals surface area (Å²) in [4.78, 5) is 19.0. The van der Waals surface area contributed by atoms with Gasteiger partial charge >= 0.3 is 5.97 Å². The molecule has 0 radical (unpaired) electrons. The monoisotopic (exact) mass is 684 g/mol. The van der Waals surface area contributed by atoms with Crippen LogP contribution in [0.3, 0.4) is 0 Å². The molecule has 0 spiro atoms. The summed E-state index contributed by atoms with van der Waals surface area (Å²) < 4.78 is 5.07. The summed E-state index contributed by atoms with van der Waals surface area (Å²) in [5.41, 5.74) is 8.96. The summed E-state index contributed by atoms with van der Waals surface area (Å²) in [6.45, 7) is 4.49. The van der Waals surface area contributed by atoms with Gasteiger partial charge in [0.1, 0.15) is 5.56 Å². The Balaban J connectivity index is 1.23. The molecular formula is C44H40N6O2. The van der Waals surface area contributed by atoms with E-state index in [1.807, 2.05) is 85.8 Å². The Morgan fingerprint density at radius 1 is 0.750 bits per heavy atom. The summed E-state index contributed by atoms with van der Waals surface area (Å²) in [6, 6.07) is 49.5. The van der Waals surface area contributed by atoms with Gasteiger partial charge in [0.2, 0.25) is 5.82 Å². The number of carbonyl (C=O) groups is 1. The molecule has 0 amide bonds. The van der Waals surface area contributed by atoms with Gasteiger partial charge in [-0.3, -0.25) is 4.98 Å². The minimum absolute atomic E-state index is 0.401. The topological polar surface area (TPSA) is 94.8 Å². The van der Waals surface area contributed by atoms with E-state index in [1.54, 1.807) is 4.80 Å². The fourth-order valence-electron chi connectivity index (χ4n) is 6.90. The van der Waals surface area contributed by atoms with Gasteiger partial charge in [0.05, 0.1) is 18.5 Å². The minimum atomic E-state index is -0.864. The van der Waals surface area contributed by atoms with Crippen LogP contribution in [-0.4, -0.2) is 38.3 Å². The molecular weight excluding hydrogens is 645 g/mol. The number of aryl methyl sites for hydroxylation is 2. The van der Waals surface area contributed by atoms with E-state index in [0.717, 1.165) is 63.2 Å². The van der Waals surface area contributed by atoms with Crippen molar-refractivity contribution in [3.05, 3.63) is 185 Å². The first kappa shape index (κ1) is 34.1. The highest BCUT2D eigenvalue weighted by molar-refractivity contribution is 5.96. The average Bonchev–Trinajstić information content (AvgIpc) is 3.69. The third-order valence-electron chi connectivity index (χ3n) is 9.35. The number of benzene rings is 5. The van der Waals surface area contributed by atoms with Crippen molar-refractivity contribution < 1.29 is 9.53 Å². The first-order valence-corrected chi connectivity index (χ1v) is 17.5. The largest absolute Gasteiger partial charge is 0.465 e. The molecule has 1 N–H and O–H groups in total. The molecule has 7 aromatic rings. The van der Waals surface area contributed by atoms with E-state index in [0.29, 0.717) is 23.6 Å². The van der Waals surface area contributed by atoms with E-state index >= 15 is 0 Å². The lowest BCUT2D eigenvalue weighted by Gasteiger charge is -2.34. The number of pyridine rings is 1. The van der Waals surface area contributed by atoms with Crippen LogP contribution in [0.2, 0.25) is 0 Å². The average molecular weight is 685 g/mol. The summed E-state index contributed by atoms with van der Waals surface area (Å²) in [7, 11) is 1.39. The number of rotatable bonds is 12. The Hall–Kier alpha value is -6.41. The molecule has 0 aliphatic heterocycles. The molecule has 52 heavy (non-hydrogen) atoms. The standard InChI is InChI=1S/C44H40N6O2/c1-4-16-37-29-40(41(31(2)46-37)43(51)52-3)45-30-32-25-27-33(28-26-32)38-23-14-15-24-39(38)42-47-49-50(48-42)44(34-17-8-5-9-18-34,35-19-10-6-11-20-35)36-21-12-7-13-22-36/h5-15,17-29H,4,16,30H2,1-3H3,(H,45,46). The third kappa shape index (κ3) is 6.58. The van der Waals surface area contributed by atoms with Gasteiger partial charge in [0.25, 0.3) is 0 Å². The maximum atomic E-state index is 12.6. The van der Waals surface area contributed by atoms with Crippen molar-refractivity contribution in [3.63, 3.8) is 0 Å². The van der Waals surface area contributed by atoms with E-state index in [-0.39, 0.29) is 0 Å². The van der Waals surface area contributed by atoms with E-state index in [4.69, 9.17) is 20.1 Å². The summed E-state index contributed by atoms with van der Waals surface area (Å²) in [5, 5.41) is 18.1. The lowest BCUT2D eigenvalue weighted by molar-refractivity contribution is 0.0600. The molecule has 2 heterocycles. The predicted molar refractivity (Wildman–Crippen MR) is 205 cm³/mol. The Bertz CT molecular complexity index is 2170. The van der Waals surface area contributed by atoms with Crippen LogP contribution < -0.4 is 5.32 Å². The number of nitrogens with zero attached hydrogens (tertiary/aromatic N) is 5. The first-order chi connectivity index (χ1) is 25.5. The van der Waals surface area contributed by atoms with Gasteiger partial charge in [-0.2, -0.15) is 0 Å². The number of anilines is 1. The van der Waals surface area contributed by atoms with Crippen LogP contribution in [-0.2, 0) is 23.2 Å². The molecule has 0 saturated heterocycles. The Labute approximate surface area is 304 Å². The number of aromatic nitrogens is 5. The summed E-state index contributed by atoms with van der Waals surface area (Å²) in [6.07, 6.45) is 1.80. The van der Waals surface area contributed by atoms with E-state index in [1.165, 1.54) is 7.11 Å². The SMILES string of the molecule is CCCc1cc(NCc2ccc(-c3ccccc3-c3nnn(C(c4ccccc4)(c4ccccc4)c4ccccc4)n3)cc2)c(C(=O)OC)c(C)n1. The van der Waals surface area contributed by atoms with E-state index in [9.17, 15) is 4.79 Å². The number of nitrogens with one attached hydrogen (secondary N) is 1. The van der Waals surface area contributed by atoms with Crippen LogP contribution in [0.4, 0.5) is 5.69 Å². The highest BCUT2D eigenvalue weighted by Crippen LogP contribution is 2.40. The van der Waals surface area contributed by atoms with Gasteiger partial charge in [-0.1, -0.05) is 153 Å². The second-order valence-corrected chi connectivity index (χ2v) is 12.7. The molecule has 0 atom stereocenters. The summed E-state index contributed by atoms with van der Waals surface area (Å²) >= 11 is 0. The Morgan fingerprint density at radius 3 is 1.87 bits per heavy atom. The van der Waals surface area contributed by atoms with Crippen LogP contribution in [0, 0.1) is 6.92 Å². The van der Waals surface area contributed by atoms with Crippen LogP contribution in [0.1, 0.15) is 57.3 Å². The molecule has 0 bridgehead atoms. The third-order valence-corrected chi connectivity index (χ3v) is 9.35. The number of hydrogen-bond donors (Lipinski definition) is 1. The number of hydrogen-bond acceptors (Lipinski definition) is 7. The summed E-state index contributed by atoms with van der Waals surface area (Å²) in [5.74, 6) is 0.126. The van der Waals surface area contributed by atoms with Gasteiger partial charge in [0.15, 0.2) is 5.54 Å². The molecule has 7 rings (SSSR count). The van der Waals surface area contributed by atoms with Crippen LogP contribution in [0.15, 0.2) is 146 Å². The second kappa shape index (κ2) is 15.2. The fraction of sp³-hybridized carbons (Fsp3) is 0.159. The highest BCUT2D eigenvalue weighted by Gasteiger charge is 2.41. The molecule has 0 saturated carbocycles. The van der Waals surface area contributed by atoms with Crippen molar-refractivity contribution in [2.24, 2.45) is 0 Å². The molecule has 0 aliphatic rings. The zero-order valence-corrected chi connectivity index (χ0v) is 29.5. The molecule has 5 aromatic carbocycles. The minimum Gasteiger partial charge on any atom is -0.465 e. The molecule has 0 aliphatic carbocycles. The van der Waals surface area contributed by atoms with Crippen LogP contribution in [0.25, 0.3) is 22.5 Å². The van der Waals surface area contributed by atoms with Gasteiger partial charge in [-0.15, -0.1) is 15.0 Å². The number of esters is 1. The maximum absolute atomic E-state index is 12.6. The normalized spacial score (nSPS) is 11.3. The van der Waals surface area contributed by atoms with Crippen LogP contribution in [0.5, 0.6) is 0 Å². The molecule has 8 nitrogen and oxygen atoms in total. The van der Waals surface area contributed by atoms with Gasteiger partial charge in [-0.25, -0.2) is 4.79 Å². The van der Waals surface area contributed by atoms with Crippen molar-refractivity contribution in [2.75, 3.05) is 12.4 Å². The molecule has 0 fully saturated rings. The van der Waals surface area contributed by atoms with Crippen molar-refractivity contribution in [2.45, 2.75) is 38.8 Å². The molecule has 258 valence electrons. The number of carbonyl (C=O) groups excluding carboxylic acids is 1. The van der Waals surface area contributed by atoms with Gasteiger partial charge < -0.3 is 10.1 Å². The van der Waals surface area contributed by atoms with E-state index < -0.39 is 11.5 Å². The number of methoxy groups -OCH3 is 1. The van der Waals surface area contributed by atoms with Crippen LogP contribution >= 0.6 is 0 Å². The maximum Gasteiger partial charge on any atom is 0.341 e. The highest BCUT2D eigenvalue weighted by atomic mass is 16.5. The Kier molecular flexibility index (Phi) is 9.97. The van der Waals surface area contributed by atoms with Crippen molar-refractivity contribution in [1.82, 2.24) is 25.2 Å². The zero-order valence-electron chi connectivity index (χ0n) is 29.5. The quantitative estimate of drug-likeness (QED) is 0.101. The van der Waals surface area contributed by atoms with Crippen molar-refractivity contribution in [3.8, 4) is 22.5 Å². The smallest absolute Gasteiger partial charge is 0.341 e. The lowest BCUT2D eigenvalue weighted by Crippen LogP contribution is -2.39. The van der Waals surface area contributed by atoms with Crippen molar-refractivity contribution >= 4 is 11.7 Å².